The van der Waals surface area contributed by atoms with Crippen LogP contribution < -0.4 is 10.1 Å². The van der Waals surface area contributed by atoms with Crippen LogP contribution in [-0.2, 0) is 10.5 Å². The van der Waals surface area contributed by atoms with Gasteiger partial charge in [0.2, 0.25) is 5.91 Å². The fraction of sp³-hybridized carbons (Fsp3) is 0.278. The Morgan fingerprint density at radius 3 is 2.70 bits per heavy atom. The number of hydrogen-bond donors (Lipinski definition) is 1. The normalized spacial score (nSPS) is 10.4. The molecule has 0 aliphatic heterocycles. The number of ether oxygens (including phenoxy) is 1. The van der Waals surface area contributed by atoms with E-state index in [0.29, 0.717) is 5.75 Å². The van der Waals surface area contributed by atoms with Crippen molar-refractivity contribution in [3.63, 3.8) is 0 Å². The lowest BCUT2D eigenvalue weighted by Crippen LogP contribution is -2.15. The van der Waals surface area contributed by atoms with Gasteiger partial charge in [0.1, 0.15) is 5.75 Å². The number of amides is 1. The molecule has 0 radical (unpaired) electrons. The van der Waals surface area contributed by atoms with Gasteiger partial charge in [-0.3, -0.25) is 4.79 Å². The fourth-order valence-electron chi connectivity index (χ4n) is 2.25. The van der Waals surface area contributed by atoms with Crippen molar-refractivity contribution >= 4 is 39.3 Å². The van der Waals surface area contributed by atoms with E-state index in [4.69, 9.17) is 4.74 Å². The average molecular weight is 394 g/mol. The molecule has 0 fully saturated rings. The third kappa shape index (κ3) is 5.29. The summed E-state index contributed by atoms with van der Waals surface area (Å²) in [5.41, 5.74) is 4.22. The Balaban J connectivity index is 1.89. The summed E-state index contributed by atoms with van der Waals surface area (Å²) >= 11 is 5.03. The highest BCUT2D eigenvalue weighted by Crippen LogP contribution is 2.27. The van der Waals surface area contributed by atoms with Crippen molar-refractivity contribution in [2.45, 2.75) is 19.6 Å². The van der Waals surface area contributed by atoms with Crippen molar-refractivity contribution in [1.29, 1.82) is 0 Å². The van der Waals surface area contributed by atoms with Gasteiger partial charge in [0.15, 0.2) is 0 Å². The van der Waals surface area contributed by atoms with E-state index in [-0.39, 0.29) is 5.91 Å². The number of rotatable bonds is 6. The minimum absolute atomic E-state index is 0.0101. The van der Waals surface area contributed by atoms with Gasteiger partial charge in [-0.25, -0.2) is 0 Å². The van der Waals surface area contributed by atoms with Crippen molar-refractivity contribution in [3.05, 3.63) is 57.6 Å². The molecule has 122 valence electrons. The fourth-order valence-corrected chi connectivity index (χ4v) is 3.47. The lowest BCUT2D eigenvalue weighted by molar-refractivity contribution is -0.113. The van der Waals surface area contributed by atoms with Crippen LogP contribution in [0.1, 0.15) is 16.7 Å². The van der Waals surface area contributed by atoms with Crippen molar-refractivity contribution in [3.8, 4) is 5.75 Å². The van der Waals surface area contributed by atoms with Crippen LogP contribution in [0.25, 0.3) is 0 Å². The Morgan fingerprint density at radius 2 is 2.00 bits per heavy atom. The number of methoxy groups -OCH3 is 1. The second-order valence-electron chi connectivity index (χ2n) is 5.32. The monoisotopic (exact) mass is 393 g/mol. The largest absolute Gasteiger partial charge is 0.496 e. The summed E-state index contributed by atoms with van der Waals surface area (Å²) in [5, 5.41) is 2.96. The Bertz CT molecular complexity index is 703. The molecule has 0 aliphatic carbocycles. The SMILES string of the molecule is COc1ccc(Br)cc1CSCC(=O)Nc1ccc(C)cc1C. The van der Waals surface area contributed by atoms with Crippen LogP contribution >= 0.6 is 27.7 Å². The zero-order chi connectivity index (χ0) is 16.8. The van der Waals surface area contributed by atoms with Gasteiger partial charge in [0, 0.05) is 21.5 Å². The molecule has 1 amide bonds. The molecule has 0 spiro atoms. The van der Waals surface area contributed by atoms with E-state index in [9.17, 15) is 4.79 Å². The zero-order valence-electron chi connectivity index (χ0n) is 13.5. The van der Waals surface area contributed by atoms with Gasteiger partial charge in [0.05, 0.1) is 12.9 Å². The Labute approximate surface area is 149 Å². The van der Waals surface area contributed by atoms with E-state index in [1.54, 1.807) is 18.9 Å². The first-order valence-corrected chi connectivity index (χ1v) is 9.21. The molecule has 0 aromatic heterocycles. The topological polar surface area (TPSA) is 38.3 Å². The van der Waals surface area contributed by atoms with Crippen LogP contribution in [0.15, 0.2) is 40.9 Å². The molecule has 3 nitrogen and oxygen atoms in total. The van der Waals surface area contributed by atoms with Gasteiger partial charge in [-0.1, -0.05) is 33.6 Å². The highest BCUT2D eigenvalue weighted by molar-refractivity contribution is 9.10. The molecule has 0 aliphatic rings. The third-order valence-corrected chi connectivity index (χ3v) is 4.86. The molecule has 2 aromatic carbocycles. The van der Waals surface area contributed by atoms with Crippen LogP contribution in [0, 0.1) is 13.8 Å². The highest BCUT2D eigenvalue weighted by atomic mass is 79.9. The number of nitrogens with one attached hydrogen (secondary N) is 1. The highest BCUT2D eigenvalue weighted by Gasteiger charge is 2.08. The Morgan fingerprint density at radius 1 is 1.22 bits per heavy atom. The number of hydrogen-bond acceptors (Lipinski definition) is 3. The molecule has 1 N–H and O–H groups in total. The van der Waals surface area contributed by atoms with Crippen molar-refractivity contribution in [2.24, 2.45) is 0 Å². The van der Waals surface area contributed by atoms with E-state index >= 15 is 0 Å². The van der Waals surface area contributed by atoms with Crippen LogP contribution in [0.5, 0.6) is 5.75 Å². The number of anilines is 1. The van der Waals surface area contributed by atoms with E-state index in [1.165, 1.54) is 5.56 Å². The molecular weight excluding hydrogens is 374 g/mol. The predicted molar refractivity (Wildman–Crippen MR) is 101 cm³/mol. The van der Waals surface area contributed by atoms with Crippen molar-refractivity contribution < 1.29 is 9.53 Å². The second kappa shape index (κ2) is 8.41. The van der Waals surface area contributed by atoms with Crippen LogP contribution in [-0.4, -0.2) is 18.8 Å². The number of aryl methyl sites for hydroxylation is 2. The summed E-state index contributed by atoms with van der Waals surface area (Å²) < 4.78 is 6.35. The van der Waals surface area contributed by atoms with Crippen molar-refractivity contribution in [1.82, 2.24) is 0 Å². The molecule has 5 heteroatoms. The minimum Gasteiger partial charge on any atom is -0.496 e. The Hall–Kier alpha value is -1.46. The molecule has 2 rings (SSSR count). The minimum atomic E-state index is 0.0101. The van der Waals surface area contributed by atoms with Crippen LogP contribution in [0.4, 0.5) is 5.69 Å². The van der Waals surface area contributed by atoms with Gasteiger partial charge in [-0.2, -0.15) is 0 Å². The standard InChI is InChI=1S/C18H20BrNO2S/c1-12-4-6-16(13(2)8-12)20-18(21)11-23-10-14-9-15(19)5-7-17(14)22-3/h4-9H,10-11H2,1-3H3,(H,20,21). The van der Waals surface area contributed by atoms with Crippen LogP contribution in [0.3, 0.4) is 0 Å². The smallest absolute Gasteiger partial charge is 0.234 e. The lowest BCUT2D eigenvalue weighted by Gasteiger charge is -2.10. The average Bonchev–Trinajstić information content (AvgIpc) is 2.50. The number of carbonyl (C=O) groups is 1. The molecule has 0 saturated heterocycles. The maximum atomic E-state index is 12.1. The van der Waals surface area contributed by atoms with E-state index in [0.717, 1.165) is 32.8 Å². The van der Waals surface area contributed by atoms with Gasteiger partial charge >= 0.3 is 0 Å². The van der Waals surface area contributed by atoms with Gasteiger partial charge in [-0.15, -0.1) is 11.8 Å². The molecule has 0 unspecified atom stereocenters. The summed E-state index contributed by atoms with van der Waals surface area (Å²) in [5.74, 6) is 1.98. The zero-order valence-corrected chi connectivity index (χ0v) is 15.9. The maximum Gasteiger partial charge on any atom is 0.234 e. The van der Waals surface area contributed by atoms with Gasteiger partial charge in [0.25, 0.3) is 0 Å². The molecule has 0 heterocycles. The van der Waals surface area contributed by atoms with Gasteiger partial charge < -0.3 is 10.1 Å². The summed E-state index contributed by atoms with van der Waals surface area (Å²) in [6, 6.07) is 11.9. The van der Waals surface area contributed by atoms with Crippen LogP contribution in [0.2, 0.25) is 0 Å². The summed E-state index contributed by atoms with van der Waals surface area (Å²) in [7, 11) is 1.66. The first-order valence-electron chi connectivity index (χ1n) is 7.27. The maximum absolute atomic E-state index is 12.1. The molecule has 2 aromatic rings. The van der Waals surface area contributed by atoms with E-state index in [2.05, 4.69) is 27.3 Å². The second-order valence-corrected chi connectivity index (χ2v) is 7.22. The first kappa shape index (κ1) is 17.9. The molecular formula is C18H20BrNO2S. The van der Waals surface area contributed by atoms with E-state index in [1.807, 2.05) is 44.2 Å². The van der Waals surface area contributed by atoms with E-state index < -0.39 is 0 Å². The van der Waals surface area contributed by atoms with Crippen molar-refractivity contribution in [2.75, 3.05) is 18.2 Å². The lowest BCUT2D eigenvalue weighted by atomic mass is 10.1. The number of benzene rings is 2. The quantitative estimate of drug-likeness (QED) is 0.754. The Kier molecular flexibility index (Phi) is 6.54. The summed E-state index contributed by atoms with van der Waals surface area (Å²) in [4.78, 5) is 12.1. The first-order chi connectivity index (χ1) is 11.0. The predicted octanol–water partition coefficient (Wildman–Crippen LogP) is 4.95. The summed E-state index contributed by atoms with van der Waals surface area (Å²) in [6.07, 6.45) is 0. The molecule has 23 heavy (non-hydrogen) atoms. The number of thioether (sulfide) groups is 1. The molecule has 0 atom stereocenters. The number of halogens is 1. The molecule has 0 saturated carbocycles. The third-order valence-electron chi connectivity index (χ3n) is 3.39. The number of carbonyl (C=O) groups excluding carboxylic acids is 1. The summed E-state index contributed by atoms with van der Waals surface area (Å²) in [6.45, 7) is 4.04. The van der Waals surface area contributed by atoms with Gasteiger partial charge in [-0.05, 0) is 43.7 Å². The molecule has 0 bridgehead atoms.